The summed E-state index contributed by atoms with van der Waals surface area (Å²) in [6.07, 6.45) is 2.22. The molecule has 1 aromatic carbocycles. The van der Waals surface area contributed by atoms with Crippen LogP contribution in [0.1, 0.15) is 25.3 Å². The first-order valence-electron chi connectivity index (χ1n) is 7.16. The minimum absolute atomic E-state index is 0.663. The van der Waals surface area contributed by atoms with Gasteiger partial charge in [0.1, 0.15) is 12.4 Å². The average Bonchev–Trinajstić information content (AvgIpc) is 2.38. The highest BCUT2D eigenvalue weighted by Crippen LogP contribution is 2.25. The highest BCUT2D eigenvalue weighted by molar-refractivity contribution is 6.31. The lowest BCUT2D eigenvalue weighted by Crippen LogP contribution is -2.19. The van der Waals surface area contributed by atoms with Crippen molar-refractivity contribution in [3.63, 3.8) is 0 Å². The summed E-state index contributed by atoms with van der Waals surface area (Å²) in [7, 11) is 4.06. The van der Waals surface area contributed by atoms with E-state index in [4.69, 9.17) is 16.3 Å². The van der Waals surface area contributed by atoms with Crippen LogP contribution in [0.25, 0.3) is 0 Å². The number of hydrogen-bond donors (Lipinski definition) is 0. The first kappa shape index (κ1) is 15.3. The first-order valence-corrected chi connectivity index (χ1v) is 7.54. The third kappa shape index (κ3) is 4.50. The second kappa shape index (κ2) is 7.09. The maximum Gasteiger partial charge on any atom is 0.121 e. The van der Waals surface area contributed by atoms with Gasteiger partial charge in [-0.2, -0.15) is 0 Å². The first-order chi connectivity index (χ1) is 9.54. The van der Waals surface area contributed by atoms with Gasteiger partial charge in [-0.25, -0.2) is 0 Å². The van der Waals surface area contributed by atoms with Crippen molar-refractivity contribution < 1.29 is 4.74 Å². The molecule has 2 rings (SSSR count). The van der Waals surface area contributed by atoms with Gasteiger partial charge in [0.25, 0.3) is 0 Å². The van der Waals surface area contributed by atoms with Crippen LogP contribution in [0, 0.1) is 5.92 Å². The minimum atomic E-state index is 0.663. The second-order valence-corrected chi connectivity index (χ2v) is 6.20. The van der Waals surface area contributed by atoms with Gasteiger partial charge in [-0.1, -0.05) is 18.5 Å². The molecule has 0 unspecified atom stereocenters. The van der Waals surface area contributed by atoms with Gasteiger partial charge in [0.05, 0.1) is 0 Å². The lowest BCUT2D eigenvalue weighted by atomic mass is 9.96. The Bertz CT molecular complexity index is 485. The highest BCUT2D eigenvalue weighted by Gasteiger charge is 2.14. The van der Waals surface area contributed by atoms with Crippen LogP contribution < -0.4 is 4.74 Å². The molecular formula is C16H23ClN2O. The lowest BCUT2D eigenvalue weighted by Gasteiger charge is -2.18. The van der Waals surface area contributed by atoms with Crippen molar-refractivity contribution in [1.29, 1.82) is 0 Å². The molecule has 0 aliphatic carbocycles. The Balaban J connectivity index is 2.08. The number of likely N-dealkylation sites (N-methyl/N-ethyl adjacent to an activating group) is 1. The van der Waals surface area contributed by atoms with Crippen molar-refractivity contribution in [3.05, 3.63) is 28.8 Å². The Labute approximate surface area is 126 Å². The molecule has 0 saturated heterocycles. The van der Waals surface area contributed by atoms with Crippen molar-refractivity contribution in [3.8, 4) is 5.75 Å². The standard InChI is InChI=1S/C16H23ClN2O/c1-12-4-5-16(18-11-12)13-8-14(17)10-15(9-13)20-7-6-19(2)3/h8-10,12H,4-7,11H2,1-3H3/t12-/m0/s1. The van der Waals surface area contributed by atoms with Gasteiger partial charge >= 0.3 is 0 Å². The fourth-order valence-corrected chi connectivity index (χ4v) is 2.44. The van der Waals surface area contributed by atoms with Crippen molar-refractivity contribution in [2.75, 3.05) is 33.8 Å². The summed E-state index contributed by atoms with van der Waals surface area (Å²) >= 11 is 6.19. The van der Waals surface area contributed by atoms with Crippen LogP contribution in [-0.4, -0.2) is 44.4 Å². The quantitative estimate of drug-likeness (QED) is 0.830. The molecule has 0 spiro atoms. The van der Waals surface area contributed by atoms with Gasteiger partial charge in [0.15, 0.2) is 0 Å². The number of rotatable bonds is 5. The predicted octanol–water partition coefficient (Wildman–Crippen LogP) is 3.50. The molecule has 3 nitrogen and oxygen atoms in total. The number of nitrogens with zero attached hydrogens (tertiary/aromatic N) is 2. The smallest absolute Gasteiger partial charge is 0.121 e. The van der Waals surface area contributed by atoms with Crippen molar-refractivity contribution >= 4 is 17.3 Å². The predicted molar refractivity (Wildman–Crippen MR) is 85.3 cm³/mol. The molecular weight excluding hydrogens is 272 g/mol. The van der Waals surface area contributed by atoms with E-state index >= 15 is 0 Å². The molecule has 1 heterocycles. The normalized spacial score (nSPS) is 19.1. The number of ether oxygens (including phenoxy) is 1. The van der Waals surface area contributed by atoms with Gasteiger partial charge < -0.3 is 9.64 Å². The summed E-state index contributed by atoms with van der Waals surface area (Å²) in [5.74, 6) is 1.52. The maximum absolute atomic E-state index is 6.19. The third-order valence-corrected chi connectivity index (χ3v) is 3.70. The summed E-state index contributed by atoms with van der Waals surface area (Å²) in [5, 5.41) is 0.712. The Hall–Kier alpha value is -1.06. The number of benzene rings is 1. The van der Waals surface area contributed by atoms with E-state index in [-0.39, 0.29) is 0 Å². The fraction of sp³-hybridized carbons (Fsp3) is 0.562. The fourth-order valence-electron chi connectivity index (χ4n) is 2.21. The number of halogens is 1. The summed E-state index contributed by atoms with van der Waals surface area (Å²) in [6.45, 7) is 4.71. The summed E-state index contributed by atoms with van der Waals surface area (Å²) in [4.78, 5) is 6.76. The third-order valence-electron chi connectivity index (χ3n) is 3.48. The SMILES string of the molecule is C[C@H]1CCC(c2cc(Cl)cc(OCCN(C)C)c2)=NC1. The summed E-state index contributed by atoms with van der Waals surface area (Å²) in [6, 6.07) is 5.90. The zero-order valence-electron chi connectivity index (χ0n) is 12.5. The van der Waals surface area contributed by atoms with Gasteiger partial charge in [0.2, 0.25) is 0 Å². The molecule has 1 aliphatic heterocycles. The van der Waals surface area contributed by atoms with E-state index in [0.29, 0.717) is 17.5 Å². The average molecular weight is 295 g/mol. The Morgan fingerprint density at radius 3 is 2.80 bits per heavy atom. The van der Waals surface area contributed by atoms with Crippen molar-refractivity contribution in [2.24, 2.45) is 10.9 Å². The molecule has 0 saturated carbocycles. The minimum Gasteiger partial charge on any atom is -0.492 e. The van der Waals surface area contributed by atoms with Crippen LogP contribution in [0.2, 0.25) is 5.02 Å². The molecule has 0 bridgehead atoms. The molecule has 110 valence electrons. The van der Waals surface area contributed by atoms with Gasteiger partial charge in [-0.3, -0.25) is 4.99 Å². The van der Waals surface area contributed by atoms with Gasteiger partial charge in [-0.15, -0.1) is 0 Å². The van der Waals surface area contributed by atoms with E-state index in [1.165, 1.54) is 6.42 Å². The van der Waals surface area contributed by atoms with E-state index in [0.717, 1.165) is 36.5 Å². The van der Waals surface area contributed by atoms with Crippen molar-refractivity contribution in [1.82, 2.24) is 4.90 Å². The van der Waals surface area contributed by atoms with Gasteiger partial charge in [-0.05, 0) is 51.1 Å². The molecule has 0 fully saturated rings. The van der Waals surface area contributed by atoms with Crippen molar-refractivity contribution in [2.45, 2.75) is 19.8 Å². The molecule has 1 aromatic rings. The molecule has 1 atom stereocenters. The molecule has 0 radical (unpaired) electrons. The van der Waals surface area contributed by atoms with Crippen LogP contribution in [-0.2, 0) is 0 Å². The molecule has 1 aliphatic rings. The van der Waals surface area contributed by atoms with Crippen LogP contribution in [0.15, 0.2) is 23.2 Å². The largest absolute Gasteiger partial charge is 0.492 e. The van der Waals surface area contributed by atoms with Crippen LogP contribution in [0.3, 0.4) is 0 Å². The second-order valence-electron chi connectivity index (χ2n) is 5.76. The maximum atomic E-state index is 6.19. The lowest BCUT2D eigenvalue weighted by molar-refractivity contribution is 0.261. The topological polar surface area (TPSA) is 24.8 Å². The van der Waals surface area contributed by atoms with E-state index in [9.17, 15) is 0 Å². The summed E-state index contributed by atoms with van der Waals surface area (Å²) < 4.78 is 5.77. The summed E-state index contributed by atoms with van der Waals surface area (Å²) in [5.41, 5.74) is 2.26. The highest BCUT2D eigenvalue weighted by atomic mass is 35.5. The van der Waals surface area contributed by atoms with E-state index in [1.54, 1.807) is 0 Å². The molecule has 0 amide bonds. The van der Waals surface area contributed by atoms with E-state index in [1.807, 2.05) is 26.2 Å². The molecule has 20 heavy (non-hydrogen) atoms. The molecule has 0 N–H and O–H groups in total. The van der Waals surface area contributed by atoms with Crippen LogP contribution in [0.5, 0.6) is 5.75 Å². The zero-order valence-corrected chi connectivity index (χ0v) is 13.3. The molecule has 4 heteroatoms. The van der Waals surface area contributed by atoms with Gasteiger partial charge in [0, 0.05) is 29.4 Å². The van der Waals surface area contributed by atoms with Crippen LogP contribution in [0.4, 0.5) is 0 Å². The Morgan fingerprint density at radius 1 is 1.35 bits per heavy atom. The van der Waals surface area contributed by atoms with Crippen LogP contribution >= 0.6 is 11.6 Å². The Kier molecular flexibility index (Phi) is 5.44. The number of hydrogen-bond acceptors (Lipinski definition) is 3. The zero-order chi connectivity index (χ0) is 14.5. The Morgan fingerprint density at radius 2 is 2.15 bits per heavy atom. The monoisotopic (exact) mass is 294 g/mol. The van der Waals surface area contributed by atoms with E-state index < -0.39 is 0 Å². The van der Waals surface area contributed by atoms with E-state index in [2.05, 4.69) is 22.9 Å². The molecule has 0 aromatic heterocycles. The number of aliphatic imine (C=N–C) groups is 1.